The average molecular weight is 136 g/mol. The second kappa shape index (κ2) is 2.13. The Bertz CT molecular complexity index is 210. The van der Waals surface area contributed by atoms with Crippen molar-refractivity contribution in [2.75, 3.05) is 23.7 Å². The van der Waals surface area contributed by atoms with Crippen molar-refractivity contribution >= 4 is 11.6 Å². The first-order valence-electron chi connectivity index (χ1n) is 3.25. The molecule has 0 bridgehead atoms. The van der Waals surface area contributed by atoms with Crippen LogP contribution in [0.25, 0.3) is 0 Å². The molecule has 0 aliphatic carbocycles. The summed E-state index contributed by atoms with van der Waals surface area (Å²) in [7, 11) is 0. The SMILES string of the molecule is c1cnc2c(n1)NCCN2. The molecule has 1 aliphatic rings. The Hall–Kier alpha value is -1.32. The standard InChI is InChI=1S/C6H8N4/c1-2-8-6-5(7-1)9-3-4-10-6/h1-2H,3-4H2,(H,7,9)(H,8,10). The van der Waals surface area contributed by atoms with E-state index in [4.69, 9.17) is 0 Å². The topological polar surface area (TPSA) is 49.8 Å². The maximum Gasteiger partial charge on any atom is 0.169 e. The van der Waals surface area contributed by atoms with E-state index in [0.717, 1.165) is 24.7 Å². The summed E-state index contributed by atoms with van der Waals surface area (Å²) in [6.45, 7) is 1.84. The minimum atomic E-state index is 0.855. The second-order valence-corrected chi connectivity index (χ2v) is 2.11. The van der Waals surface area contributed by atoms with Gasteiger partial charge in [0, 0.05) is 25.5 Å². The van der Waals surface area contributed by atoms with Crippen molar-refractivity contribution in [3.63, 3.8) is 0 Å². The molecule has 4 nitrogen and oxygen atoms in total. The zero-order valence-corrected chi connectivity index (χ0v) is 5.46. The van der Waals surface area contributed by atoms with Crippen molar-refractivity contribution < 1.29 is 0 Å². The quantitative estimate of drug-likeness (QED) is 0.539. The number of fused-ring (bicyclic) bond motifs is 1. The summed E-state index contributed by atoms with van der Waals surface area (Å²) in [5.74, 6) is 1.71. The van der Waals surface area contributed by atoms with E-state index in [9.17, 15) is 0 Å². The van der Waals surface area contributed by atoms with Gasteiger partial charge < -0.3 is 10.6 Å². The van der Waals surface area contributed by atoms with Crippen LogP contribution in [0.5, 0.6) is 0 Å². The van der Waals surface area contributed by atoms with Crippen LogP contribution in [0.3, 0.4) is 0 Å². The highest BCUT2D eigenvalue weighted by atomic mass is 15.1. The first kappa shape index (κ1) is 5.46. The van der Waals surface area contributed by atoms with E-state index < -0.39 is 0 Å². The molecule has 2 rings (SSSR count). The minimum Gasteiger partial charge on any atom is -0.365 e. The van der Waals surface area contributed by atoms with E-state index in [-0.39, 0.29) is 0 Å². The van der Waals surface area contributed by atoms with Crippen molar-refractivity contribution in [1.82, 2.24) is 9.97 Å². The number of rotatable bonds is 0. The van der Waals surface area contributed by atoms with E-state index in [2.05, 4.69) is 20.6 Å². The molecule has 52 valence electrons. The van der Waals surface area contributed by atoms with Crippen molar-refractivity contribution in [2.45, 2.75) is 0 Å². The van der Waals surface area contributed by atoms with E-state index in [1.165, 1.54) is 0 Å². The molecule has 0 unspecified atom stereocenters. The van der Waals surface area contributed by atoms with Gasteiger partial charge in [0.25, 0.3) is 0 Å². The molecule has 10 heavy (non-hydrogen) atoms. The first-order chi connectivity index (χ1) is 4.97. The van der Waals surface area contributed by atoms with Crippen LogP contribution < -0.4 is 10.6 Å². The summed E-state index contributed by atoms with van der Waals surface area (Å²) >= 11 is 0. The molecule has 0 saturated carbocycles. The summed E-state index contributed by atoms with van der Waals surface area (Å²) in [5.41, 5.74) is 0. The Morgan fingerprint density at radius 3 is 2.00 bits per heavy atom. The molecule has 0 radical (unpaired) electrons. The van der Waals surface area contributed by atoms with Gasteiger partial charge in [0.05, 0.1) is 0 Å². The predicted octanol–water partition coefficient (Wildman–Crippen LogP) is 0.314. The van der Waals surface area contributed by atoms with Gasteiger partial charge in [-0.2, -0.15) is 0 Å². The molecule has 2 N–H and O–H groups in total. The number of nitrogens with zero attached hydrogens (tertiary/aromatic N) is 2. The van der Waals surface area contributed by atoms with Gasteiger partial charge in [0.1, 0.15) is 0 Å². The number of nitrogens with one attached hydrogen (secondary N) is 2. The van der Waals surface area contributed by atoms with Gasteiger partial charge in [-0.1, -0.05) is 0 Å². The predicted molar refractivity (Wildman–Crippen MR) is 39.0 cm³/mol. The van der Waals surface area contributed by atoms with Gasteiger partial charge in [0.2, 0.25) is 0 Å². The fourth-order valence-corrected chi connectivity index (χ4v) is 0.959. The summed E-state index contributed by atoms with van der Waals surface area (Å²) in [6.07, 6.45) is 3.36. The van der Waals surface area contributed by atoms with Crippen LogP contribution in [0.15, 0.2) is 12.4 Å². The number of hydrogen-bond donors (Lipinski definition) is 2. The molecule has 4 heteroatoms. The molecule has 1 aromatic rings. The molecule has 0 fully saturated rings. The van der Waals surface area contributed by atoms with E-state index in [0.29, 0.717) is 0 Å². The van der Waals surface area contributed by atoms with Crippen LogP contribution in [0.4, 0.5) is 11.6 Å². The van der Waals surface area contributed by atoms with Crippen LogP contribution in [0, 0.1) is 0 Å². The largest absolute Gasteiger partial charge is 0.365 e. The minimum absolute atomic E-state index is 0.855. The Morgan fingerprint density at radius 2 is 1.50 bits per heavy atom. The van der Waals surface area contributed by atoms with Crippen molar-refractivity contribution in [2.24, 2.45) is 0 Å². The molecular formula is C6H8N4. The lowest BCUT2D eigenvalue weighted by molar-refractivity contribution is 0.988. The van der Waals surface area contributed by atoms with Gasteiger partial charge >= 0.3 is 0 Å². The van der Waals surface area contributed by atoms with Crippen LogP contribution >= 0.6 is 0 Å². The Kier molecular flexibility index (Phi) is 1.16. The molecule has 0 aromatic carbocycles. The zero-order chi connectivity index (χ0) is 6.81. The third-order valence-electron chi connectivity index (χ3n) is 1.41. The van der Waals surface area contributed by atoms with Crippen LogP contribution in [-0.2, 0) is 0 Å². The van der Waals surface area contributed by atoms with Crippen LogP contribution in [0.1, 0.15) is 0 Å². The Morgan fingerprint density at radius 1 is 1.00 bits per heavy atom. The van der Waals surface area contributed by atoms with Gasteiger partial charge in [0.15, 0.2) is 11.6 Å². The molecule has 1 aliphatic heterocycles. The summed E-state index contributed by atoms with van der Waals surface area (Å²) in [4.78, 5) is 8.17. The summed E-state index contributed by atoms with van der Waals surface area (Å²) in [5, 5.41) is 6.25. The summed E-state index contributed by atoms with van der Waals surface area (Å²) in [6, 6.07) is 0. The zero-order valence-electron chi connectivity index (χ0n) is 5.46. The maximum atomic E-state index is 4.08. The molecule has 1 aromatic heterocycles. The van der Waals surface area contributed by atoms with Crippen molar-refractivity contribution in [3.8, 4) is 0 Å². The number of aromatic nitrogens is 2. The molecule has 0 amide bonds. The Balaban J connectivity index is 2.41. The van der Waals surface area contributed by atoms with Crippen LogP contribution in [0.2, 0.25) is 0 Å². The van der Waals surface area contributed by atoms with Gasteiger partial charge in [-0.15, -0.1) is 0 Å². The first-order valence-corrected chi connectivity index (χ1v) is 3.25. The fourth-order valence-electron chi connectivity index (χ4n) is 0.959. The molecular weight excluding hydrogens is 128 g/mol. The maximum absolute atomic E-state index is 4.08. The van der Waals surface area contributed by atoms with Gasteiger partial charge in [-0.05, 0) is 0 Å². The highest BCUT2D eigenvalue weighted by Crippen LogP contribution is 2.15. The smallest absolute Gasteiger partial charge is 0.169 e. The lowest BCUT2D eigenvalue weighted by Gasteiger charge is -2.16. The average Bonchev–Trinajstić information content (AvgIpc) is 2.05. The Labute approximate surface area is 58.7 Å². The monoisotopic (exact) mass is 136 g/mol. The highest BCUT2D eigenvalue weighted by Gasteiger charge is 2.06. The lowest BCUT2D eigenvalue weighted by atomic mass is 10.4. The third kappa shape index (κ3) is 0.775. The molecule has 0 atom stereocenters. The van der Waals surface area contributed by atoms with Gasteiger partial charge in [-0.25, -0.2) is 9.97 Å². The normalized spacial score (nSPS) is 14.8. The van der Waals surface area contributed by atoms with E-state index >= 15 is 0 Å². The summed E-state index contributed by atoms with van der Waals surface area (Å²) < 4.78 is 0. The fraction of sp³-hybridized carbons (Fsp3) is 0.333. The van der Waals surface area contributed by atoms with Gasteiger partial charge in [-0.3, -0.25) is 0 Å². The van der Waals surface area contributed by atoms with E-state index in [1.807, 2.05) is 0 Å². The molecule has 2 heterocycles. The molecule has 0 spiro atoms. The van der Waals surface area contributed by atoms with Crippen molar-refractivity contribution in [1.29, 1.82) is 0 Å². The third-order valence-corrected chi connectivity index (χ3v) is 1.41. The van der Waals surface area contributed by atoms with Crippen LogP contribution in [-0.4, -0.2) is 23.1 Å². The van der Waals surface area contributed by atoms with E-state index in [1.54, 1.807) is 12.4 Å². The lowest BCUT2D eigenvalue weighted by Crippen LogP contribution is -2.22. The number of anilines is 2. The van der Waals surface area contributed by atoms with Crippen molar-refractivity contribution in [3.05, 3.63) is 12.4 Å². The molecule has 0 saturated heterocycles. The second-order valence-electron chi connectivity index (χ2n) is 2.11. The number of hydrogen-bond acceptors (Lipinski definition) is 4. The highest BCUT2D eigenvalue weighted by molar-refractivity contribution is 5.60.